The minimum absolute atomic E-state index is 0.345. The number of rotatable bonds is 8. The molecule has 1 aromatic carbocycles. The molecule has 0 aliphatic carbocycles. The maximum Gasteiger partial charge on any atom is 0.274 e. The molecule has 0 spiro atoms. The summed E-state index contributed by atoms with van der Waals surface area (Å²) in [5.41, 5.74) is 2.32. The van der Waals surface area contributed by atoms with Crippen molar-refractivity contribution in [2.75, 3.05) is 46.9 Å². The zero-order chi connectivity index (χ0) is 23.9. The van der Waals surface area contributed by atoms with Crippen LogP contribution in [0.25, 0.3) is 5.70 Å². The predicted octanol–water partition coefficient (Wildman–Crippen LogP) is 0.618. The fourth-order valence-electron chi connectivity index (χ4n) is 3.52. The van der Waals surface area contributed by atoms with E-state index in [-0.39, 0.29) is 5.91 Å². The second kappa shape index (κ2) is 10.9. The number of amides is 1. The molecule has 12 heteroatoms. The van der Waals surface area contributed by atoms with Crippen LogP contribution in [-0.4, -0.2) is 77.8 Å². The Morgan fingerprint density at radius 2 is 1.81 bits per heavy atom. The molecule has 1 amide bonds. The first kappa shape index (κ1) is 25.1. The van der Waals surface area contributed by atoms with Crippen molar-refractivity contribution < 1.29 is 22.7 Å². The number of ether oxygens (including phenoxy) is 2. The Morgan fingerprint density at radius 3 is 2.38 bits per heavy atom. The number of allylic oxidation sites excluding steroid dienone is 1. The highest BCUT2D eigenvalue weighted by molar-refractivity contribution is 7.87. The molecule has 174 valence electrons. The lowest BCUT2D eigenvalue weighted by atomic mass is 10.0. The Balaban J connectivity index is 2.36. The molecule has 1 aromatic rings. The van der Waals surface area contributed by atoms with E-state index in [1.807, 2.05) is 9.62 Å². The average molecular weight is 465 g/mol. The molecule has 1 aliphatic rings. The summed E-state index contributed by atoms with van der Waals surface area (Å²) in [6, 6.07) is 5.65. The fourth-order valence-corrected chi connectivity index (χ4v) is 3.84. The van der Waals surface area contributed by atoms with Crippen molar-refractivity contribution in [3.05, 3.63) is 23.3 Å². The summed E-state index contributed by atoms with van der Waals surface area (Å²) < 4.78 is 34.9. The number of aliphatic imine (C=N–C) groups is 1. The second-order valence-electron chi connectivity index (χ2n) is 7.06. The van der Waals surface area contributed by atoms with Crippen molar-refractivity contribution in [1.29, 1.82) is 5.26 Å². The van der Waals surface area contributed by atoms with Crippen LogP contribution in [0, 0.1) is 11.3 Å². The van der Waals surface area contributed by atoms with Crippen LogP contribution in [0.2, 0.25) is 0 Å². The van der Waals surface area contributed by atoms with Gasteiger partial charge in [0.05, 0.1) is 43.8 Å². The van der Waals surface area contributed by atoms with Crippen LogP contribution in [0.5, 0.6) is 11.5 Å². The third-order valence-electron chi connectivity index (χ3n) is 5.04. The lowest BCUT2D eigenvalue weighted by Gasteiger charge is -2.28. The van der Waals surface area contributed by atoms with E-state index in [0.717, 1.165) is 0 Å². The van der Waals surface area contributed by atoms with Gasteiger partial charge >= 0.3 is 0 Å². The van der Waals surface area contributed by atoms with Crippen LogP contribution in [0.15, 0.2) is 22.7 Å². The number of hydrogen-bond acceptors (Lipinski definition) is 8. The summed E-state index contributed by atoms with van der Waals surface area (Å²) in [7, 11) is -0.909. The minimum Gasteiger partial charge on any atom is -0.493 e. The van der Waals surface area contributed by atoms with Gasteiger partial charge in [0.15, 0.2) is 11.5 Å². The van der Waals surface area contributed by atoms with E-state index in [1.165, 1.54) is 14.2 Å². The summed E-state index contributed by atoms with van der Waals surface area (Å²) in [5, 5.41) is 14.6. The molecule has 0 bridgehead atoms. The van der Waals surface area contributed by atoms with E-state index in [4.69, 9.17) is 14.6 Å². The van der Waals surface area contributed by atoms with Gasteiger partial charge in [0.1, 0.15) is 0 Å². The summed E-state index contributed by atoms with van der Waals surface area (Å²) in [5.74, 6) is 0.601. The first-order chi connectivity index (χ1) is 15.1. The van der Waals surface area contributed by atoms with E-state index < -0.39 is 16.8 Å². The normalized spacial score (nSPS) is 15.3. The van der Waals surface area contributed by atoms with E-state index in [9.17, 15) is 18.5 Å². The fraction of sp³-hybridized carbons (Fsp3) is 0.450. The summed E-state index contributed by atoms with van der Waals surface area (Å²) in [6.45, 7) is 6.74. The van der Waals surface area contributed by atoms with Gasteiger partial charge in [-0.05, 0) is 26.1 Å². The highest BCUT2D eigenvalue weighted by Gasteiger charge is 2.25. The lowest BCUT2D eigenvalue weighted by molar-refractivity contribution is -0.129. The summed E-state index contributed by atoms with van der Waals surface area (Å²) in [4.78, 5) is 20.1. The number of nitrogens with two attached hydrogens (primary N) is 1. The SMILES string of the molecule is C=Nc1cc(OC)c(OC)cc1/C(=C(\C)C#N)N1CCCN(C(=O)CNS(N)(=O)=O)CC1. The molecule has 1 aliphatic heterocycles. The number of benzene rings is 1. The molecular formula is C20H28N6O5S. The largest absolute Gasteiger partial charge is 0.493 e. The van der Waals surface area contributed by atoms with Gasteiger partial charge in [-0.1, -0.05) is 0 Å². The molecule has 32 heavy (non-hydrogen) atoms. The van der Waals surface area contributed by atoms with Gasteiger partial charge in [-0.15, -0.1) is 0 Å². The zero-order valence-electron chi connectivity index (χ0n) is 18.4. The Bertz CT molecular complexity index is 1050. The van der Waals surface area contributed by atoms with Crippen molar-refractivity contribution in [1.82, 2.24) is 14.5 Å². The maximum atomic E-state index is 12.4. The van der Waals surface area contributed by atoms with Crippen LogP contribution in [-0.2, 0) is 15.0 Å². The number of carbonyl (C=O) groups excluding carboxylic acids is 1. The van der Waals surface area contributed by atoms with Crippen molar-refractivity contribution >= 4 is 34.2 Å². The van der Waals surface area contributed by atoms with Crippen LogP contribution >= 0.6 is 0 Å². The molecule has 1 heterocycles. The van der Waals surface area contributed by atoms with E-state index >= 15 is 0 Å². The van der Waals surface area contributed by atoms with Gasteiger partial charge in [-0.3, -0.25) is 9.79 Å². The van der Waals surface area contributed by atoms with Crippen LogP contribution in [0.3, 0.4) is 0 Å². The monoisotopic (exact) mass is 464 g/mol. The van der Waals surface area contributed by atoms with Crippen molar-refractivity contribution in [2.45, 2.75) is 13.3 Å². The smallest absolute Gasteiger partial charge is 0.274 e. The van der Waals surface area contributed by atoms with Crippen LogP contribution < -0.4 is 19.3 Å². The van der Waals surface area contributed by atoms with Crippen LogP contribution in [0.1, 0.15) is 18.9 Å². The Morgan fingerprint density at radius 1 is 1.22 bits per heavy atom. The summed E-state index contributed by atoms with van der Waals surface area (Å²) >= 11 is 0. The topological polar surface area (TPSA) is 150 Å². The van der Waals surface area contributed by atoms with Crippen molar-refractivity contribution in [3.63, 3.8) is 0 Å². The number of methoxy groups -OCH3 is 2. The number of carbonyl (C=O) groups is 1. The highest BCUT2D eigenvalue weighted by atomic mass is 32.2. The van der Waals surface area contributed by atoms with Crippen molar-refractivity contribution in [2.24, 2.45) is 10.1 Å². The molecule has 0 unspecified atom stereocenters. The van der Waals surface area contributed by atoms with Gasteiger partial charge in [-0.2, -0.15) is 18.4 Å². The quantitative estimate of drug-likeness (QED) is 0.423. The minimum atomic E-state index is -3.95. The number of hydrogen-bond donors (Lipinski definition) is 2. The predicted molar refractivity (Wildman–Crippen MR) is 121 cm³/mol. The van der Waals surface area contributed by atoms with Gasteiger partial charge in [0.2, 0.25) is 5.91 Å². The standard InChI is InChI=1S/C20H28N6O5S/c1-14(12-21)20(15-10-17(30-3)18(31-4)11-16(15)23-2)26-7-5-6-25(8-9-26)19(27)13-24-32(22,28)29/h10-11,24H,2,5-9,13H2,1,3-4H3,(H2,22,28,29)/b20-14-. The van der Waals surface area contributed by atoms with E-state index in [2.05, 4.69) is 17.8 Å². The highest BCUT2D eigenvalue weighted by Crippen LogP contribution is 2.40. The molecule has 0 saturated carbocycles. The average Bonchev–Trinajstić information content (AvgIpc) is 3.02. The number of nitrogens with zero attached hydrogens (tertiary/aromatic N) is 4. The molecule has 11 nitrogen and oxygen atoms in total. The van der Waals surface area contributed by atoms with Crippen molar-refractivity contribution in [3.8, 4) is 17.6 Å². The third kappa shape index (κ3) is 6.19. The first-order valence-electron chi connectivity index (χ1n) is 9.79. The lowest BCUT2D eigenvalue weighted by Crippen LogP contribution is -2.43. The molecule has 3 N–H and O–H groups in total. The molecule has 0 atom stereocenters. The van der Waals surface area contributed by atoms with Gasteiger partial charge in [0, 0.05) is 37.8 Å². The third-order valence-corrected chi connectivity index (χ3v) is 5.59. The van der Waals surface area contributed by atoms with Gasteiger partial charge < -0.3 is 19.3 Å². The molecule has 0 aromatic heterocycles. The molecule has 2 rings (SSSR count). The Hall–Kier alpha value is -3.14. The Labute approximate surface area is 188 Å². The zero-order valence-corrected chi connectivity index (χ0v) is 19.2. The Kier molecular flexibility index (Phi) is 8.59. The second-order valence-corrected chi connectivity index (χ2v) is 8.43. The molecular weight excluding hydrogens is 436 g/mol. The number of nitriles is 1. The number of nitrogens with one attached hydrogen (secondary N) is 1. The van der Waals surface area contributed by atoms with Gasteiger partial charge in [0.25, 0.3) is 10.2 Å². The van der Waals surface area contributed by atoms with E-state index in [0.29, 0.717) is 66.6 Å². The molecule has 1 fully saturated rings. The maximum absolute atomic E-state index is 12.4. The van der Waals surface area contributed by atoms with Crippen LogP contribution in [0.4, 0.5) is 5.69 Å². The first-order valence-corrected chi connectivity index (χ1v) is 11.3. The van der Waals surface area contributed by atoms with E-state index in [1.54, 1.807) is 24.0 Å². The summed E-state index contributed by atoms with van der Waals surface area (Å²) in [6.07, 6.45) is 0.619. The molecule has 0 radical (unpaired) electrons. The molecule has 1 saturated heterocycles. The van der Waals surface area contributed by atoms with Gasteiger partial charge in [-0.25, -0.2) is 5.14 Å².